The predicted octanol–water partition coefficient (Wildman–Crippen LogP) is 0.833. The molecule has 0 unspecified atom stereocenters. The number of rotatable bonds is 8. The molecule has 6 heteroatoms. The van der Waals surface area contributed by atoms with E-state index in [1.165, 1.54) is 4.90 Å². The fraction of sp³-hybridized carbons (Fsp3) is 0.833. The summed E-state index contributed by atoms with van der Waals surface area (Å²) in [4.78, 5) is 25.8. The lowest BCUT2D eigenvalue weighted by Gasteiger charge is -2.23. The van der Waals surface area contributed by atoms with Gasteiger partial charge in [0.2, 0.25) is 0 Å². The van der Waals surface area contributed by atoms with Crippen LogP contribution in [0.1, 0.15) is 27.2 Å². The first-order valence-corrected chi connectivity index (χ1v) is 6.33. The number of carboxylic acids is 1. The van der Waals surface area contributed by atoms with Gasteiger partial charge in [0.05, 0.1) is 0 Å². The molecule has 0 radical (unpaired) electrons. The minimum absolute atomic E-state index is 0.250. The Labute approximate surface area is 109 Å². The Morgan fingerprint density at radius 1 is 1.28 bits per heavy atom. The van der Waals surface area contributed by atoms with Gasteiger partial charge >= 0.3 is 12.0 Å². The van der Waals surface area contributed by atoms with Crippen LogP contribution in [0.3, 0.4) is 0 Å². The highest BCUT2D eigenvalue weighted by Crippen LogP contribution is 1.94. The van der Waals surface area contributed by atoms with Crippen LogP contribution in [0.2, 0.25) is 0 Å². The van der Waals surface area contributed by atoms with E-state index in [0.717, 1.165) is 13.0 Å². The lowest BCUT2D eigenvalue weighted by Crippen LogP contribution is -2.45. The molecule has 0 heterocycles. The summed E-state index contributed by atoms with van der Waals surface area (Å²) < 4.78 is 0. The molecule has 0 aliphatic carbocycles. The van der Waals surface area contributed by atoms with E-state index >= 15 is 0 Å². The smallest absolute Gasteiger partial charge is 0.323 e. The highest BCUT2D eigenvalue weighted by molar-refractivity contribution is 5.80. The molecule has 0 aromatic heterocycles. The Bertz CT molecular complexity index is 269. The minimum Gasteiger partial charge on any atom is -0.480 e. The van der Waals surface area contributed by atoms with Crippen LogP contribution in [0.25, 0.3) is 0 Å². The standard InChI is InChI=1S/C12H25N3O3/c1-5-7-15(9-11(16)17)12(18)13-6-8-14(4)10(2)3/h10H,5-9H2,1-4H3,(H,13,18)(H,16,17). The van der Waals surface area contributed by atoms with Crippen LogP contribution in [0.5, 0.6) is 0 Å². The lowest BCUT2D eigenvalue weighted by molar-refractivity contribution is -0.137. The number of hydrogen-bond acceptors (Lipinski definition) is 3. The fourth-order valence-corrected chi connectivity index (χ4v) is 1.39. The number of likely N-dealkylation sites (N-methyl/N-ethyl adjacent to an activating group) is 1. The van der Waals surface area contributed by atoms with Gasteiger partial charge < -0.3 is 20.2 Å². The van der Waals surface area contributed by atoms with Gasteiger partial charge in [-0.3, -0.25) is 4.79 Å². The Morgan fingerprint density at radius 3 is 2.33 bits per heavy atom. The molecule has 0 aliphatic heterocycles. The van der Waals surface area contributed by atoms with Crippen molar-refractivity contribution in [2.75, 3.05) is 33.2 Å². The second kappa shape index (κ2) is 8.74. The summed E-state index contributed by atoms with van der Waals surface area (Å²) >= 11 is 0. The third-order valence-corrected chi connectivity index (χ3v) is 2.73. The zero-order valence-corrected chi connectivity index (χ0v) is 11.8. The second-order valence-corrected chi connectivity index (χ2v) is 4.62. The molecule has 0 saturated carbocycles. The van der Waals surface area contributed by atoms with E-state index in [0.29, 0.717) is 19.1 Å². The monoisotopic (exact) mass is 259 g/mol. The number of nitrogens with zero attached hydrogens (tertiary/aromatic N) is 2. The molecular weight excluding hydrogens is 234 g/mol. The predicted molar refractivity (Wildman–Crippen MR) is 70.7 cm³/mol. The first-order valence-electron chi connectivity index (χ1n) is 6.33. The first-order chi connectivity index (χ1) is 8.38. The first kappa shape index (κ1) is 16.7. The van der Waals surface area contributed by atoms with Crippen LogP contribution >= 0.6 is 0 Å². The summed E-state index contributed by atoms with van der Waals surface area (Å²) in [6.07, 6.45) is 0.743. The summed E-state index contributed by atoms with van der Waals surface area (Å²) in [5.74, 6) is -0.988. The van der Waals surface area contributed by atoms with Crippen molar-refractivity contribution in [2.45, 2.75) is 33.2 Å². The van der Waals surface area contributed by atoms with Gasteiger partial charge in [-0.25, -0.2) is 4.79 Å². The van der Waals surface area contributed by atoms with Gasteiger partial charge in [-0.05, 0) is 27.3 Å². The van der Waals surface area contributed by atoms with Crippen molar-refractivity contribution < 1.29 is 14.7 Å². The van der Waals surface area contributed by atoms with Crippen molar-refractivity contribution in [1.82, 2.24) is 15.1 Å². The van der Waals surface area contributed by atoms with E-state index < -0.39 is 5.97 Å². The molecule has 0 rings (SSSR count). The zero-order chi connectivity index (χ0) is 14.1. The van der Waals surface area contributed by atoms with E-state index in [-0.39, 0.29) is 12.6 Å². The van der Waals surface area contributed by atoms with Crippen molar-refractivity contribution in [3.05, 3.63) is 0 Å². The quantitative estimate of drug-likeness (QED) is 0.677. The molecule has 106 valence electrons. The number of urea groups is 1. The van der Waals surface area contributed by atoms with Crippen LogP contribution < -0.4 is 5.32 Å². The van der Waals surface area contributed by atoms with E-state index in [1.807, 2.05) is 14.0 Å². The summed E-state index contributed by atoms with van der Waals surface area (Å²) in [5.41, 5.74) is 0. The van der Waals surface area contributed by atoms with Crippen molar-refractivity contribution in [3.8, 4) is 0 Å². The van der Waals surface area contributed by atoms with Gasteiger partial charge in [0.25, 0.3) is 0 Å². The number of carbonyl (C=O) groups is 2. The molecular formula is C12H25N3O3. The van der Waals surface area contributed by atoms with E-state index in [1.54, 1.807) is 0 Å². The van der Waals surface area contributed by atoms with Crippen molar-refractivity contribution in [1.29, 1.82) is 0 Å². The molecule has 0 aliphatic rings. The summed E-state index contributed by atoms with van der Waals surface area (Å²) in [7, 11) is 1.98. The molecule has 0 spiro atoms. The third-order valence-electron chi connectivity index (χ3n) is 2.73. The van der Waals surface area contributed by atoms with E-state index in [4.69, 9.17) is 5.11 Å². The van der Waals surface area contributed by atoms with E-state index in [2.05, 4.69) is 24.1 Å². The van der Waals surface area contributed by atoms with Crippen LogP contribution in [0, 0.1) is 0 Å². The normalized spacial score (nSPS) is 10.8. The topological polar surface area (TPSA) is 72.9 Å². The summed E-state index contributed by atoms with van der Waals surface area (Å²) in [6, 6.07) is 0.115. The maximum atomic E-state index is 11.8. The SMILES string of the molecule is CCCN(CC(=O)O)C(=O)NCCN(C)C(C)C. The minimum atomic E-state index is -0.988. The number of carbonyl (C=O) groups excluding carboxylic acids is 1. The largest absolute Gasteiger partial charge is 0.480 e. The molecule has 0 aromatic carbocycles. The molecule has 0 saturated heterocycles. The van der Waals surface area contributed by atoms with Crippen molar-refractivity contribution >= 4 is 12.0 Å². The molecule has 2 N–H and O–H groups in total. The van der Waals surface area contributed by atoms with Crippen molar-refractivity contribution in [2.24, 2.45) is 0 Å². The van der Waals surface area contributed by atoms with Crippen LogP contribution in [0.4, 0.5) is 4.79 Å². The number of hydrogen-bond donors (Lipinski definition) is 2. The van der Waals surface area contributed by atoms with Gasteiger partial charge in [-0.1, -0.05) is 6.92 Å². The van der Waals surface area contributed by atoms with Gasteiger partial charge in [-0.15, -0.1) is 0 Å². The summed E-state index contributed by atoms with van der Waals surface area (Å²) in [5, 5.41) is 11.5. The molecule has 18 heavy (non-hydrogen) atoms. The van der Waals surface area contributed by atoms with Crippen molar-refractivity contribution in [3.63, 3.8) is 0 Å². The fourth-order valence-electron chi connectivity index (χ4n) is 1.39. The average molecular weight is 259 g/mol. The molecule has 0 aromatic rings. The average Bonchev–Trinajstić information content (AvgIpc) is 2.27. The van der Waals surface area contributed by atoms with Gasteiger partial charge in [0.1, 0.15) is 6.54 Å². The molecule has 2 amide bonds. The molecule has 6 nitrogen and oxygen atoms in total. The molecule has 0 bridgehead atoms. The third kappa shape index (κ3) is 7.11. The Balaban J connectivity index is 4.06. The lowest BCUT2D eigenvalue weighted by atomic mass is 10.3. The van der Waals surface area contributed by atoms with Crippen LogP contribution in [-0.4, -0.2) is 66.2 Å². The number of aliphatic carboxylic acids is 1. The van der Waals surface area contributed by atoms with Crippen LogP contribution in [-0.2, 0) is 4.79 Å². The number of amides is 2. The maximum absolute atomic E-state index is 11.8. The Kier molecular flexibility index (Phi) is 8.11. The highest BCUT2D eigenvalue weighted by Gasteiger charge is 2.15. The highest BCUT2D eigenvalue weighted by atomic mass is 16.4. The Morgan fingerprint density at radius 2 is 1.89 bits per heavy atom. The Hall–Kier alpha value is -1.30. The van der Waals surface area contributed by atoms with Gasteiger partial charge in [-0.2, -0.15) is 0 Å². The van der Waals surface area contributed by atoms with Gasteiger partial charge in [0, 0.05) is 25.7 Å². The summed E-state index contributed by atoms with van der Waals surface area (Å²) in [6.45, 7) is 7.54. The molecule has 0 fully saturated rings. The molecule has 0 atom stereocenters. The number of nitrogens with one attached hydrogen (secondary N) is 1. The maximum Gasteiger partial charge on any atom is 0.323 e. The van der Waals surface area contributed by atoms with Gasteiger partial charge in [0.15, 0.2) is 0 Å². The zero-order valence-electron chi connectivity index (χ0n) is 11.8. The second-order valence-electron chi connectivity index (χ2n) is 4.62. The number of carboxylic acid groups (broad SMARTS) is 1. The van der Waals surface area contributed by atoms with Crippen LogP contribution in [0.15, 0.2) is 0 Å². The van der Waals surface area contributed by atoms with E-state index in [9.17, 15) is 9.59 Å².